The summed E-state index contributed by atoms with van der Waals surface area (Å²) in [6.45, 7) is 3.17. The third-order valence-corrected chi connectivity index (χ3v) is 4.04. The van der Waals surface area contributed by atoms with E-state index in [0.29, 0.717) is 5.70 Å². The van der Waals surface area contributed by atoms with Gasteiger partial charge in [0.15, 0.2) is 0 Å². The van der Waals surface area contributed by atoms with Crippen molar-refractivity contribution >= 4 is 17.6 Å². The minimum absolute atomic E-state index is 0.135. The summed E-state index contributed by atoms with van der Waals surface area (Å²) in [5.41, 5.74) is 4.16. The molecule has 0 saturated heterocycles. The van der Waals surface area contributed by atoms with E-state index in [9.17, 15) is 9.59 Å². The van der Waals surface area contributed by atoms with Crippen molar-refractivity contribution in [2.75, 3.05) is 12.4 Å². The Morgan fingerprint density at radius 2 is 1.95 bits per heavy atom. The topological polar surface area (TPSA) is 75.6 Å². The van der Waals surface area contributed by atoms with E-state index in [1.54, 1.807) is 6.92 Å². The Morgan fingerprint density at radius 3 is 2.59 bits per heavy atom. The Kier molecular flexibility index (Phi) is 4.85. The molecule has 0 bridgehead atoms. The summed E-state index contributed by atoms with van der Waals surface area (Å²) in [7, 11) is 1.25. The number of carbonyl (C=O) groups is 2. The largest absolute Gasteiger partial charge is 0.481 e. The van der Waals surface area contributed by atoms with Gasteiger partial charge < -0.3 is 15.2 Å². The Morgan fingerprint density at radius 1 is 1.27 bits per heavy atom. The number of methoxy groups -OCH3 is 1. The SMILES string of the molecule is COC(=O)C(=C(C)Nc1ccc2c(c1)CCC2)C(C)C(=O)O. The highest BCUT2D eigenvalue weighted by Crippen LogP contribution is 2.26. The lowest BCUT2D eigenvalue weighted by Gasteiger charge is -2.16. The van der Waals surface area contributed by atoms with Gasteiger partial charge in [-0.2, -0.15) is 0 Å². The smallest absolute Gasteiger partial charge is 0.336 e. The number of allylic oxidation sites excluding steroid dienone is 1. The summed E-state index contributed by atoms with van der Waals surface area (Å²) < 4.78 is 4.72. The number of anilines is 1. The molecule has 0 amide bonds. The van der Waals surface area contributed by atoms with Crippen LogP contribution < -0.4 is 5.32 Å². The van der Waals surface area contributed by atoms with Crippen LogP contribution >= 0.6 is 0 Å². The number of rotatable bonds is 5. The molecule has 0 radical (unpaired) electrons. The zero-order valence-electron chi connectivity index (χ0n) is 13.1. The number of esters is 1. The molecule has 1 aliphatic carbocycles. The van der Waals surface area contributed by atoms with Gasteiger partial charge in [0.25, 0.3) is 0 Å². The molecule has 0 saturated carbocycles. The van der Waals surface area contributed by atoms with Crippen LogP contribution in [0.25, 0.3) is 0 Å². The molecule has 0 aromatic heterocycles. The molecule has 0 spiro atoms. The van der Waals surface area contributed by atoms with E-state index in [2.05, 4.69) is 17.4 Å². The normalized spacial score (nSPS) is 15.6. The van der Waals surface area contributed by atoms with Gasteiger partial charge in [0.1, 0.15) is 0 Å². The van der Waals surface area contributed by atoms with Crippen molar-refractivity contribution in [3.8, 4) is 0 Å². The number of fused-ring (bicyclic) bond motifs is 1. The third kappa shape index (κ3) is 3.30. The monoisotopic (exact) mass is 303 g/mol. The standard InChI is InChI=1S/C17H21NO4/c1-10(16(19)20)15(17(21)22-3)11(2)18-14-8-7-12-5-4-6-13(12)9-14/h7-10,18H,4-6H2,1-3H3,(H,19,20). The first kappa shape index (κ1) is 16.1. The van der Waals surface area contributed by atoms with Gasteiger partial charge in [-0.25, -0.2) is 4.79 Å². The number of hydrogen-bond donors (Lipinski definition) is 2. The van der Waals surface area contributed by atoms with Crippen LogP contribution in [0.4, 0.5) is 5.69 Å². The van der Waals surface area contributed by atoms with Gasteiger partial charge >= 0.3 is 11.9 Å². The molecule has 0 fully saturated rings. The summed E-state index contributed by atoms with van der Waals surface area (Å²) in [4.78, 5) is 23.1. The number of carboxylic acids is 1. The average molecular weight is 303 g/mol. The van der Waals surface area contributed by atoms with E-state index in [1.165, 1.54) is 25.2 Å². The highest BCUT2D eigenvalue weighted by atomic mass is 16.5. The highest BCUT2D eigenvalue weighted by molar-refractivity contribution is 5.96. The van der Waals surface area contributed by atoms with Crippen LogP contribution in [-0.2, 0) is 27.2 Å². The molecule has 1 aromatic rings. The van der Waals surface area contributed by atoms with E-state index in [4.69, 9.17) is 9.84 Å². The first-order valence-corrected chi connectivity index (χ1v) is 7.34. The summed E-state index contributed by atoms with van der Waals surface area (Å²) in [5, 5.41) is 12.3. The van der Waals surface area contributed by atoms with Crippen LogP contribution in [0.1, 0.15) is 31.4 Å². The van der Waals surface area contributed by atoms with Gasteiger partial charge in [-0.05, 0) is 56.4 Å². The average Bonchev–Trinajstić information content (AvgIpc) is 2.94. The molecule has 1 aliphatic rings. The van der Waals surface area contributed by atoms with Crippen molar-refractivity contribution in [2.24, 2.45) is 5.92 Å². The third-order valence-electron chi connectivity index (χ3n) is 4.04. The summed E-state index contributed by atoms with van der Waals surface area (Å²) in [6.07, 6.45) is 3.33. The Bertz CT molecular complexity index is 634. The Hall–Kier alpha value is -2.30. The maximum atomic E-state index is 11.9. The van der Waals surface area contributed by atoms with Crippen molar-refractivity contribution in [1.29, 1.82) is 0 Å². The predicted molar refractivity (Wildman–Crippen MR) is 83.6 cm³/mol. The van der Waals surface area contributed by atoms with Crippen molar-refractivity contribution in [3.05, 3.63) is 40.6 Å². The number of aliphatic carboxylic acids is 1. The van der Waals surface area contributed by atoms with Crippen LogP contribution in [0.3, 0.4) is 0 Å². The van der Waals surface area contributed by atoms with E-state index < -0.39 is 17.9 Å². The van der Waals surface area contributed by atoms with Gasteiger partial charge in [-0.3, -0.25) is 4.79 Å². The zero-order valence-corrected chi connectivity index (χ0v) is 13.1. The molecule has 0 heterocycles. The van der Waals surface area contributed by atoms with Crippen molar-refractivity contribution < 1.29 is 19.4 Å². The molecule has 0 aliphatic heterocycles. The zero-order chi connectivity index (χ0) is 16.3. The second kappa shape index (κ2) is 6.64. The van der Waals surface area contributed by atoms with Gasteiger partial charge in [-0.1, -0.05) is 6.07 Å². The fourth-order valence-corrected chi connectivity index (χ4v) is 2.82. The number of carbonyl (C=O) groups excluding carboxylic acids is 1. The maximum absolute atomic E-state index is 11.9. The molecule has 5 heteroatoms. The number of aryl methyl sites for hydroxylation is 2. The van der Waals surface area contributed by atoms with Gasteiger partial charge in [0, 0.05) is 11.4 Å². The number of hydrogen-bond acceptors (Lipinski definition) is 4. The molecule has 1 atom stereocenters. The van der Waals surface area contributed by atoms with Crippen molar-refractivity contribution in [2.45, 2.75) is 33.1 Å². The number of benzene rings is 1. The highest BCUT2D eigenvalue weighted by Gasteiger charge is 2.26. The first-order chi connectivity index (χ1) is 10.4. The van der Waals surface area contributed by atoms with Crippen LogP contribution in [0.15, 0.2) is 29.5 Å². The van der Waals surface area contributed by atoms with E-state index >= 15 is 0 Å². The molecule has 1 unspecified atom stereocenters. The van der Waals surface area contributed by atoms with Crippen molar-refractivity contribution in [3.63, 3.8) is 0 Å². The summed E-state index contributed by atoms with van der Waals surface area (Å²) in [6, 6.07) is 6.09. The van der Waals surface area contributed by atoms with E-state index in [0.717, 1.165) is 24.9 Å². The van der Waals surface area contributed by atoms with Crippen LogP contribution in [0, 0.1) is 5.92 Å². The summed E-state index contributed by atoms with van der Waals surface area (Å²) >= 11 is 0. The molecule has 118 valence electrons. The molecule has 5 nitrogen and oxygen atoms in total. The minimum atomic E-state index is -1.06. The van der Waals surface area contributed by atoms with Crippen LogP contribution in [0.5, 0.6) is 0 Å². The molecule has 22 heavy (non-hydrogen) atoms. The fraction of sp³-hybridized carbons (Fsp3) is 0.412. The fourth-order valence-electron chi connectivity index (χ4n) is 2.82. The lowest BCUT2D eigenvalue weighted by atomic mass is 9.99. The number of ether oxygens (including phenoxy) is 1. The molecular formula is C17H21NO4. The van der Waals surface area contributed by atoms with Crippen LogP contribution in [0.2, 0.25) is 0 Å². The van der Waals surface area contributed by atoms with Gasteiger partial charge in [-0.15, -0.1) is 0 Å². The van der Waals surface area contributed by atoms with Gasteiger partial charge in [0.2, 0.25) is 0 Å². The predicted octanol–water partition coefficient (Wildman–Crippen LogP) is 2.75. The first-order valence-electron chi connectivity index (χ1n) is 7.34. The number of nitrogens with one attached hydrogen (secondary N) is 1. The second-order valence-corrected chi connectivity index (χ2v) is 5.55. The maximum Gasteiger partial charge on any atom is 0.336 e. The lowest BCUT2D eigenvalue weighted by molar-refractivity contribution is -0.144. The van der Waals surface area contributed by atoms with E-state index in [-0.39, 0.29) is 5.57 Å². The van der Waals surface area contributed by atoms with Crippen LogP contribution in [-0.4, -0.2) is 24.2 Å². The summed E-state index contributed by atoms with van der Waals surface area (Å²) in [5.74, 6) is -2.62. The quantitative estimate of drug-likeness (QED) is 0.646. The van der Waals surface area contributed by atoms with E-state index in [1.807, 2.05) is 6.07 Å². The lowest BCUT2D eigenvalue weighted by Crippen LogP contribution is -2.23. The molecule has 2 N–H and O–H groups in total. The second-order valence-electron chi connectivity index (χ2n) is 5.55. The Labute approximate surface area is 130 Å². The Balaban J connectivity index is 2.30. The molecular weight excluding hydrogens is 282 g/mol. The van der Waals surface area contributed by atoms with Crippen molar-refractivity contribution in [1.82, 2.24) is 0 Å². The van der Waals surface area contributed by atoms with Gasteiger partial charge in [0.05, 0.1) is 18.6 Å². The molecule has 2 rings (SSSR count). The number of carboxylic acid groups (broad SMARTS) is 1. The molecule has 1 aromatic carbocycles. The minimum Gasteiger partial charge on any atom is -0.481 e.